The molecule has 0 aliphatic carbocycles. The van der Waals surface area contributed by atoms with E-state index in [0.29, 0.717) is 16.5 Å². The molecule has 9 heteroatoms. The highest BCUT2D eigenvalue weighted by Gasteiger charge is 2.14. The van der Waals surface area contributed by atoms with E-state index in [2.05, 4.69) is 5.32 Å². The molecule has 2 aromatic rings. The summed E-state index contributed by atoms with van der Waals surface area (Å²) < 4.78 is 15.3. The first-order chi connectivity index (χ1) is 12.5. The van der Waals surface area contributed by atoms with Gasteiger partial charge in [-0.05, 0) is 35.7 Å². The molecule has 8 nitrogen and oxygen atoms in total. The third-order valence-corrected chi connectivity index (χ3v) is 4.01. The van der Waals surface area contributed by atoms with E-state index in [0.717, 1.165) is 11.3 Å². The van der Waals surface area contributed by atoms with Crippen molar-refractivity contribution >= 4 is 34.1 Å². The molecule has 1 aromatic heterocycles. The average Bonchev–Trinajstić information content (AvgIpc) is 3.09. The SMILES string of the molecule is COc1ccc(OCCC(=O)OCC(=O)Nc2sccc2C(N)=O)cc1. The highest BCUT2D eigenvalue weighted by molar-refractivity contribution is 7.14. The first-order valence-corrected chi connectivity index (χ1v) is 8.47. The van der Waals surface area contributed by atoms with Crippen LogP contribution in [-0.4, -0.2) is 38.1 Å². The van der Waals surface area contributed by atoms with E-state index in [4.69, 9.17) is 19.9 Å². The van der Waals surface area contributed by atoms with Gasteiger partial charge in [-0.1, -0.05) is 0 Å². The Kier molecular flexibility index (Phi) is 6.98. The normalized spacial score (nSPS) is 10.0. The molecule has 0 bridgehead atoms. The number of esters is 1. The Morgan fingerprint density at radius 2 is 1.81 bits per heavy atom. The number of primary amides is 1. The number of carbonyl (C=O) groups is 3. The lowest BCUT2D eigenvalue weighted by atomic mass is 10.3. The predicted octanol–water partition coefficient (Wildman–Crippen LogP) is 1.81. The number of amides is 2. The molecule has 0 atom stereocenters. The lowest BCUT2D eigenvalue weighted by molar-refractivity contribution is -0.147. The Morgan fingerprint density at radius 3 is 2.46 bits per heavy atom. The molecule has 1 heterocycles. The molecule has 0 fully saturated rings. The lowest BCUT2D eigenvalue weighted by Gasteiger charge is -2.08. The number of nitrogens with two attached hydrogens (primary N) is 1. The zero-order valence-corrected chi connectivity index (χ0v) is 14.8. The maximum absolute atomic E-state index is 11.8. The minimum absolute atomic E-state index is 0.00908. The van der Waals surface area contributed by atoms with Crippen LogP contribution in [0.25, 0.3) is 0 Å². The molecule has 3 N–H and O–H groups in total. The highest BCUT2D eigenvalue weighted by Crippen LogP contribution is 2.22. The fourth-order valence-electron chi connectivity index (χ4n) is 1.91. The number of anilines is 1. The van der Waals surface area contributed by atoms with Crippen LogP contribution < -0.4 is 20.5 Å². The second-order valence-electron chi connectivity index (χ2n) is 5.01. The van der Waals surface area contributed by atoms with E-state index in [1.54, 1.807) is 36.8 Å². The number of methoxy groups -OCH3 is 1. The van der Waals surface area contributed by atoms with Crippen LogP contribution in [0.4, 0.5) is 5.00 Å². The van der Waals surface area contributed by atoms with Crippen LogP contribution in [0.3, 0.4) is 0 Å². The zero-order valence-electron chi connectivity index (χ0n) is 14.0. The molecular weight excluding hydrogens is 360 g/mol. The van der Waals surface area contributed by atoms with Crippen LogP contribution >= 0.6 is 11.3 Å². The Labute approximate surface area is 153 Å². The molecule has 0 unspecified atom stereocenters. The topological polar surface area (TPSA) is 117 Å². The molecule has 1 aromatic carbocycles. The third kappa shape index (κ3) is 5.78. The highest BCUT2D eigenvalue weighted by atomic mass is 32.1. The monoisotopic (exact) mass is 378 g/mol. The largest absolute Gasteiger partial charge is 0.497 e. The van der Waals surface area contributed by atoms with Gasteiger partial charge < -0.3 is 25.3 Å². The predicted molar refractivity (Wildman–Crippen MR) is 95.5 cm³/mol. The minimum Gasteiger partial charge on any atom is -0.497 e. The minimum atomic E-state index is -0.644. The zero-order chi connectivity index (χ0) is 18.9. The van der Waals surface area contributed by atoms with Crippen LogP contribution in [0.1, 0.15) is 16.8 Å². The molecule has 0 saturated heterocycles. The van der Waals surface area contributed by atoms with Gasteiger partial charge >= 0.3 is 5.97 Å². The fraction of sp³-hybridized carbons (Fsp3) is 0.235. The number of hydrogen-bond donors (Lipinski definition) is 2. The first-order valence-electron chi connectivity index (χ1n) is 7.59. The quantitative estimate of drug-likeness (QED) is 0.643. The van der Waals surface area contributed by atoms with Crippen molar-refractivity contribution in [1.29, 1.82) is 0 Å². The standard InChI is InChI=1S/C17H18N2O6S/c1-23-11-2-4-12(5-3-11)24-8-6-15(21)25-10-14(20)19-17-13(16(18)22)7-9-26-17/h2-5,7,9H,6,8,10H2,1H3,(H2,18,22)(H,19,20). The van der Waals surface area contributed by atoms with Gasteiger partial charge in [0.2, 0.25) is 0 Å². The second kappa shape index (κ2) is 9.42. The van der Waals surface area contributed by atoms with Gasteiger partial charge in [-0.3, -0.25) is 14.4 Å². The van der Waals surface area contributed by atoms with E-state index in [-0.39, 0.29) is 18.6 Å². The Balaban J connectivity index is 1.68. The van der Waals surface area contributed by atoms with Crippen molar-refractivity contribution in [2.24, 2.45) is 5.73 Å². The molecule has 0 aliphatic rings. The molecule has 2 amide bonds. The number of hydrogen-bond acceptors (Lipinski definition) is 7. The van der Waals surface area contributed by atoms with Gasteiger partial charge in [-0.15, -0.1) is 11.3 Å². The maximum atomic E-state index is 11.8. The van der Waals surface area contributed by atoms with Crippen LogP contribution in [0.5, 0.6) is 11.5 Å². The van der Waals surface area contributed by atoms with Gasteiger partial charge in [0, 0.05) is 0 Å². The van der Waals surface area contributed by atoms with E-state index < -0.39 is 24.4 Å². The van der Waals surface area contributed by atoms with Crippen molar-refractivity contribution < 1.29 is 28.6 Å². The summed E-state index contributed by atoms with van der Waals surface area (Å²) in [6.07, 6.45) is -0.00908. The summed E-state index contributed by atoms with van der Waals surface area (Å²) in [5, 5.41) is 4.42. The smallest absolute Gasteiger partial charge is 0.309 e. The van der Waals surface area contributed by atoms with Gasteiger partial charge in [0.25, 0.3) is 11.8 Å². The van der Waals surface area contributed by atoms with Crippen molar-refractivity contribution in [3.05, 3.63) is 41.3 Å². The summed E-state index contributed by atoms with van der Waals surface area (Å²) in [6, 6.07) is 8.42. The molecular formula is C17H18N2O6S. The van der Waals surface area contributed by atoms with Gasteiger partial charge in [-0.2, -0.15) is 0 Å². The number of nitrogens with one attached hydrogen (secondary N) is 1. The van der Waals surface area contributed by atoms with Crippen molar-refractivity contribution in [2.75, 3.05) is 25.6 Å². The molecule has 0 aliphatic heterocycles. The summed E-state index contributed by atoms with van der Waals surface area (Å²) in [5.41, 5.74) is 5.40. The summed E-state index contributed by atoms with van der Waals surface area (Å²) in [7, 11) is 1.56. The van der Waals surface area contributed by atoms with E-state index in [1.165, 1.54) is 6.07 Å². The molecule has 2 rings (SSSR count). The maximum Gasteiger partial charge on any atom is 0.309 e. The lowest BCUT2D eigenvalue weighted by Crippen LogP contribution is -2.22. The van der Waals surface area contributed by atoms with Crippen molar-refractivity contribution in [1.82, 2.24) is 0 Å². The number of rotatable bonds is 9. The van der Waals surface area contributed by atoms with Crippen molar-refractivity contribution in [3.63, 3.8) is 0 Å². The van der Waals surface area contributed by atoms with Crippen LogP contribution in [0.15, 0.2) is 35.7 Å². The number of ether oxygens (including phenoxy) is 3. The molecule has 26 heavy (non-hydrogen) atoms. The van der Waals surface area contributed by atoms with Crippen LogP contribution in [0, 0.1) is 0 Å². The van der Waals surface area contributed by atoms with Crippen LogP contribution in [0.2, 0.25) is 0 Å². The Bertz CT molecular complexity index is 772. The van der Waals surface area contributed by atoms with Crippen LogP contribution in [-0.2, 0) is 14.3 Å². The van der Waals surface area contributed by atoms with Gasteiger partial charge in [-0.25, -0.2) is 0 Å². The van der Waals surface area contributed by atoms with Crippen molar-refractivity contribution in [3.8, 4) is 11.5 Å². The Morgan fingerprint density at radius 1 is 1.12 bits per heavy atom. The van der Waals surface area contributed by atoms with Gasteiger partial charge in [0.15, 0.2) is 6.61 Å². The second-order valence-corrected chi connectivity index (χ2v) is 5.93. The number of carbonyl (C=O) groups excluding carboxylic acids is 3. The summed E-state index contributed by atoms with van der Waals surface area (Å²) in [4.78, 5) is 34.6. The number of benzene rings is 1. The molecule has 138 valence electrons. The first kappa shape index (κ1) is 19.3. The summed E-state index contributed by atoms with van der Waals surface area (Å²) in [5.74, 6) is -0.482. The third-order valence-electron chi connectivity index (χ3n) is 3.18. The summed E-state index contributed by atoms with van der Waals surface area (Å²) in [6.45, 7) is -0.346. The summed E-state index contributed by atoms with van der Waals surface area (Å²) >= 11 is 1.15. The fourth-order valence-corrected chi connectivity index (χ4v) is 2.71. The molecule has 0 saturated carbocycles. The molecule has 0 radical (unpaired) electrons. The van der Waals surface area contributed by atoms with Gasteiger partial charge in [0.05, 0.1) is 25.7 Å². The van der Waals surface area contributed by atoms with E-state index in [1.807, 2.05) is 0 Å². The van der Waals surface area contributed by atoms with E-state index >= 15 is 0 Å². The van der Waals surface area contributed by atoms with Gasteiger partial charge in [0.1, 0.15) is 16.5 Å². The molecule has 0 spiro atoms. The average molecular weight is 378 g/mol. The van der Waals surface area contributed by atoms with E-state index in [9.17, 15) is 14.4 Å². The number of thiophene rings is 1. The van der Waals surface area contributed by atoms with Crippen molar-refractivity contribution in [2.45, 2.75) is 6.42 Å². The Hall–Kier alpha value is -3.07.